The third-order valence-electron chi connectivity index (χ3n) is 2.47. The fraction of sp³-hybridized carbons (Fsp3) is 0.273. The number of fused-ring (bicyclic) bond motifs is 1. The van der Waals surface area contributed by atoms with Crippen molar-refractivity contribution in [2.45, 2.75) is 19.0 Å². The second kappa shape index (κ2) is 4.32. The van der Waals surface area contributed by atoms with Crippen molar-refractivity contribution in [3.8, 4) is 0 Å². The molecule has 1 aromatic heterocycles. The third kappa shape index (κ3) is 2.79. The zero-order valence-electron chi connectivity index (χ0n) is 9.10. The molecule has 1 aromatic carbocycles. The number of H-pyrrole nitrogens is 2. The SMILES string of the molecule is O=C(CCC(F)(F)F)c1ccc2[nH]c(=O)[nH]c2c1. The van der Waals surface area contributed by atoms with Crippen LogP contribution in [-0.2, 0) is 0 Å². The molecule has 7 heteroatoms. The Kier molecular flexibility index (Phi) is 2.98. The fourth-order valence-electron chi connectivity index (χ4n) is 1.61. The highest BCUT2D eigenvalue weighted by Gasteiger charge is 2.28. The number of nitrogens with one attached hydrogen (secondary N) is 2. The van der Waals surface area contributed by atoms with E-state index >= 15 is 0 Å². The minimum absolute atomic E-state index is 0.155. The normalized spacial score (nSPS) is 11.9. The van der Waals surface area contributed by atoms with Crippen LogP contribution in [0, 0.1) is 0 Å². The Morgan fingerprint density at radius 3 is 2.50 bits per heavy atom. The maximum absolute atomic E-state index is 12.0. The summed E-state index contributed by atoms with van der Waals surface area (Å²) in [6, 6.07) is 4.24. The van der Waals surface area contributed by atoms with Crippen LogP contribution in [0.3, 0.4) is 0 Å². The zero-order chi connectivity index (χ0) is 13.3. The molecule has 2 rings (SSSR count). The van der Waals surface area contributed by atoms with Crippen molar-refractivity contribution in [3.63, 3.8) is 0 Å². The van der Waals surface area contributed by atoms with Gasteiger partial charge in [-0.3, -0.25) is 4.79 Å². The van der Waals surface area contributed by atoms with Gasteiger partial charge in [0.15, 0.2) is 5.78 Å². The number of halogens is 3. The molecule has 18 heavy (non-hydrogen) atoms. The van der Waals surface area contributed by atoms with E-state index in [0.29, 0.717) is 11.0 Å². The Hall–Kier alpha value is -2.05. The summed E-state index contributed by atoms with van der Waals surface area (Å²) in [5.74, 6) is -0.601. The first kappa shape index (κ1) is 12.4. The van der Waals surface area contributed by atoms with Gasteiger partial charge < -0.3 is 9.97 Å². The minimum Gasteiger partial charge on any atom is -0.306 e. The number of hydrogen-bond acceptors (Lipinski definition) is 2. The van der Waals surface area contributed by atoms with Crippen LogP contribution in [-0.4, -0.2) is 21.9 Å². The van der Waals surface area contributed by atoms with E-state index < -0.39 is 30.5 Å². The topological polar surface area (TPSA) is 65.7 Å². The highest BCUT2D eigenvalue weighted by molar-refractivity contribution is 5.98. The van der Waals surface area contributed by atoms with Gasteiger partial charge in [-0.2, -0.15) is 13.2 Å². The molecular weight excluding hydrogens is 249 g/mol. The largest absolute Gasteiger partial charge is 0.389 e. The van der Waals surface area contributed by atoms with Crippen LogP contribution in [0.1, 0.15) is 23.2 Å². The number of carbonyl (C=O) groups excluding carboxylic acids is 1. The van der Waals surface area contributed by atoms with E-state index in [1.54, 1.807) is 0 Å². The summed E-state index contributed by atoms with van der Waals surface area (Å²) in [5.41, 5.74) is 0.636. The maximum atomic E-state index is 12.0. The van der Waals surface area contributed by atoms with E-state index in [1.165, 1.54) is 18.2 Å². The minimum atomic E-state index is -4.35. The highest BCUT2D eigenvalue weighted by Crippen LogP contribution is 2.23. The predicted octanol–water partition coefficient (Wildman–Crippen LogP) is 2.38. The van der Waals surface area contributed by atoms with Crippen LogP contribution in [0.5, 0.6) is 0 Å². The first-order chi connectivity index (χ1) is 8.35. The van der Waals surface area contributed by atoms with Gasteiger partial charge in [-0.15, -0.1) is 0 Å². The summed E-state index contributed by atoms with van der Waals surface area (Å²) in [5, 5.41) is 0. The van der Waals surface area contributed by atoms with E-state index in [0.717, 1.165) is 0 Å². The van der Waals surface area contributed by atoms with Gasteiger partial charge in [0.25, 0.3) is 0 Å². The van der Waals surface area contributed by atoms with Gasteiger partial charge >= 0.3 is 11.9 Å². The van der Waals surface area contributed by atoms with Gasteiger partial charge in [0.1, 0.15) is 0 Å². The number of rotatable bonds is 3. The molecule has 0 saturated heterocycles. The summed E-state index contributed by atoms with van der Waals surface area (Å²) in [6.45, 7) is 0. The van der Waals surface area contributed by atoms with E-state index in [2.05, 4.69) is 9.97 Å². The molecule has 0 spiro atoms. The maximum Gasteiger partial charge on any atom is 0.389 e. The second-order valence-electron chi connectivity index (χ2n) is 3.88. The monoisotopic (exact) mass is 258 g/mol. The molecule has 0 aliphatic rings. The summed E-state index contributed by atoms with van der Waals surface area (Å²) in [7, 11) is 0. The molecule has 96 valence electrons. The van der Waals surface area contributed by atoms with Crippen molar-refractivity contribution in [2.75, 3.05) is 0 Å². The van der Waals surface area contributed by atoms with Gasteiger partial charge in [0, 0.05) is 12.0 Å². The fourth-order valence-corrected chi connectivity index (χ4v) is 1.61. The highest BCUT2D eigenvalue weighted by atomic mass is 19.4. The smallest absolute Gasteiger partial charge is 0.306 e. The Labute approximate surface area is 98.8 Å². The summed E-state index contributed by atoms with van der Waals surface area (Å²) in [6.07, 6.45) is -6.08. The number of benzene rings is 1. The second-order valence-corrected chi connectivity index (χ2v) is 3.88. The van der Waals surface area contributed by atoms with Crippen molar-refractivity contribution in [1.29, 1.82) is 0 Å². The molecular formula is C11H9F3N2O2. The number of imidazole rings is 1. The summed E-state index contributed by atoms with van der Waals surface area (Å²) >= 11 is 0. The van der Waals surface area contributed by atoms with E-state index in [1.807, 2.05) is 0 Å². The number of aromatic nitrogens is 2. The van der Waals surface area contributed by atoms with E-state index in [4.69, 9.17) is 0 Å². The molecule has 2 N–H and O–H groups in total. The molecule has 0 atom stereocenters. The molecule has 0 saturated carbocycles. The number of ketones is 1. The molecule has 0 unspecified atom stereocenters. The molecule has 0 amide bonds. The Balaban J connectivity index is 2.20. The summed E-state index contributed by atoms with van der Waals surface area (Å²) in [4.78, 5) is 27.4. The third-order valence-corrected chi connectivity index (χ3v) is 2.47. The van der Waals surface area contributed by atoms with E-state index in [-0.39, 0.29) is 5.56 Å². The van der Waals surface area contributed by atoms with Crippen molar-refractivity contribution in [3.05, 3.63) is 34.2 Å². The first-order valence-electron chi connectivity index (χ1n) is 5.17. The lowest BCUT2D eigenvalue weighted by molar-refractivity contribution is -0.133. The lowest BCUT2D eigenvalue weighted by Crippen LogP contribution is -2.10. The molecule has 4 nitrogen and oxygen atoms in total. The van der Waals surface area contributed by atoms with Crippen LogP contribution >= 0.6 is 0 Å². The van der Waals surface area contributed by atoms with Crippen LogP contribution in [0.15, 0.2) is 23.0 Å². The van der Waals surface area contributed by atoms with Crippen LogP contribution < -0.4 is 5.69 Å². The molecule has 0 fully saturated rings. The number of carbonyl (C=O) groups is 1. The summed E-state index contributed by atoms with van der Waals surface area (Å²) < 4.78 is 35.9. The molecule has 2 aromatic rings. The molecule has 0 aliphatic carbocycles. The van der Waals surface area contributed by atoms with Gasteiger partial charge in [-0.1, -0.05) is 0 Å². The number of aromatic amines is 2. The van der Waals surface area contributed by atoms with Crippen molar-refractivity contribution in [1.82, 2.24) is 9.97 Å². The predicted molar refractivity (Wildman–Crippen MR) is 58.5 cm³/mol. The van der Waals surface area contributed by atoms with Gasteiger partial charge in [-0.25, -0.2) is 4.79 Å². The first-order valence-corrected chi connectivity index (χ1v) is 5.17. The molecule has 0 aliphatic heterocycles. The number of alkyl halides is 3. The van der Waals surface area contributed by atoms with Gasteiger partial charge in [0.05, 0.1) is 17.5 Å². The number of hydrogen-bond donors (Lipinski definition) is 2. The van der Waals surface area contributed by atoms with Crippen LogP contribution in [0.25, 0.3) is 11.0 Å². The molecule has 0 radical (unpaired) electrons. The number of Topliss-reactive ketones (excluding diaryl/α,β-unsaturated/α-hetero) is 1. The Morgan fingerprint density at radius 1 is 1.17 bits per heavy atom. The Morgan fingerprint density at radius 2 is 1.83 bits per heavy atom. The molecule has 1 heterocycles. The average Bonchev–Trinajstić information content (AvgIpc) is 2.63. The Bertz CT molecular complexity index is 640. The van der Waals surface area contributed by atoms with Crippen molar-refractivity contribution < 1.29 is 18.0 Å². The van der Waals surface area contributed by atoms with Crippen molar-refractivity contribution in [2.24, 2.45) is 0 Å². The standard InChI is InChI=1S/C11H9F3N2O2/c12-11(13,14)4-3-9(17)6-1-2-7-8(5-6)16-10(18)15-7/h1-2,5H,3-4H2,(H2,15,16,18). The average molecular weight is 258 g/mol. The van der Waals surface area contributed by atoms with Crippen LogP contribution in [0.2, 0.25) is 0 Å². The van der Waals surface area contributed by atoms with Gasteiger partial charge in [0.2, 0.25) is 0 Å². The zero-order valence-corrected chi connectivity index (χ0v) is 9.10. The van der Waals surface area contributed by atoms with E-state index in [9.17, 15) is 22.8 Å². The van der Waals surface area contributed by atoms with Crippen LogP contribution in [0.4, 0.5) is 13.2 Å². The lowest BCUT2D eigenvalue weighted by Gasteiger charge is -2.05. The molecule has 0 bridgehead atoms. The van der Waals surface area contributed by atoms with Crippen molar-refractivity contribution >= 4 is 16.8 Å². The lowest BCUT2D eigenvalue weighted by atomic mass is 10.1. The quantitative estimate of drug-likeness (QED) is 0.830. The van der Waals surface area contributed by atoms with Gasteiger partial charge in [-0.05, 0) is 18.2 Å².